The van der Waals surface area contributed by atoms with Gasteiger partial charge in [-0.05, 0) is 124 Å². The first-order valence-corrected chi connectivity index (χ1v) is 16.9. The summed E-state index contributed by atoms with van der Waals surface area (Å²) >= 11 is 0. The lowest BCUT2D eigenvalue weighted by Crippen LogP contribution is -2.53. The van der Waals surface area contributed by atoms with Crippen LogP contribution in [0.1, 0.15) is 97.8 Å². The molecule has 226 valence electrons. The van der Waals surface area contributed by atoms with Crippen LogP contribution in [-0.2, 0) is 4.74 Å². The van der Waals surface area contributed by atoms with Crippen molar-refractivity contribution >= 4 is 16.6 Å². The second kappa shape index (κ2) is 12.4. The number of methoxy groups -OCH3 is 1. The number of fused-ring (bicyclic) bond motifs is 6. The Balaban J connectivity index is 0.920. The third kappa shape index (κ3) is 5.75. The number of pyridine rings is 1. The number of hydrogen-bond donors (Lipinski definition) is 2. The molecule has 5 heteroatoms. The van der Waals surface area contributed by atoms with Crippen LogP contribution in [0.2, 0.25) is 0 Å². The Morgan fingerprint density at radius 3 is 2.73 bits per heavy atom. The minimum absolute atomic E-state index is 0.363. The molecule has 0 spiro atoms. The van der Waals surface area contributed by atoms with E-state index in [9.17, 15) is 0 Å². The fraction of sp³-hybridized carbons (Fsp3) is 0.750. The van der Waals surface area contributed by atoms with Crippen molar-refractivity contribution in [3.63, 3.8) is 0 Å². The molecule has 0 radical (unpaired) electrons. The normalized spacial score (nSPS) is 35.4. The van der Waals surface area contributed by atoms with E-state index in [1.807, 2.05) is 18.3 Å². The van der Waals surface area contributed by atoms with Crippen molar-refractivity contribution in [2.75, 3.05) is 32.1 Å². The molecule has 0 saturated heterocycles. The molecule has 8 atom stereocenters. The highest BCUT2D eigenvalue weighted by molar-refractivity contribution is 5.91. The molecule has 41 heavy (non-hydrogen) atoms. The maximum absolute atomic E-state index is 6.66. The Hall–Kier alpha value is -1.85. The predicted molar refractivity (Wildman–Crippen MR) is 170 cm³/mol. The van der Waals surface area contributed by atoms with Gasteiger partial charge in [-0.15, -0.1) is 0 Å². The zero-order valence-electron chi connectivity index (χ0n) is 26.2. The fourth-order valence-corrected chi connectivity index (χ4v) is 10.2. The van der Waals surface area contributed by atoms with Gasteiger partial charge in [0.05, 0.1) is 31.0 Å². The van der Waals surface area contributed by atoms with E-state index in [1.54, 1.807) is 7.11 Å². The van der Waals surface area contributed by atoms with E-state index in [1.165, 1.54) is 64.2 Å². The molecular weight excluding hydrogens is 506 g/mol. The first-order valence-electron chi connectivity index (χ1n) is 16.9. The molecule has 0 aliphatic heterocycles. The van der Waals surface area contributed by atoms with E-state index in [4.69, 9.17) is 9.47 Å². The van der Waals surface area contributed by atoms with Crippen LogP contribution in [0.4, 0.5) is 5.69 Å². The number of nitrogens with one attached hydrogen (secondary N) is 2. The lowest BCUT2D eigenvalue weighted by molar-refractivity contribution is -0.130. The smallest absolute Gasteiger partial charge is 0.121 e. The highest BCUT2D eigenvalue weighted by Crippen LogP contribution is 2.66. The van der Waals surface area contributed by atoms with Crippen LogP contribution in [0.5, 0.6) is 5.75 Å². The maximum atomic E-state index is 6.66. The molecule has 2 N–H and O–H groups in total. The Kier molecular flexibility index (Phi) is 8.84. The lowest BCUT2D eigenvalue weighted by atomic mass is 9.45. The van der Waals surface area contributed by atoms with Gasteiger partial charge in [-0.1, -0.05) is 32.8 Å². The summed E-state index contributed by atoms with van der Waals surface area (Å²) in [6, 6.07) is 8.53. The van der Waals surface area contributed by atoms with Gasteiger partial charge in [-0.25, -0.2) is 0 Å². The number of aromatic nitrogens is 1. The number of benzene rings is 1. The SMILES string of the molecule is COc1cc(NC(C)CCCNCCOC2CCC3C4CCC5CCCCC5(C)C4CCC23C)c2ncccc2c1. The number of ether oxygens (including phenoxy) is 2. The summed E-state index contributed by atoms with van der Waals surface area (Å²) in [6.45, 7) is 10.4. The summed E-state index contributed by atoms with van der Waals surface area (Å²) in [5, 5.41) is 8.43. The highest BCUT2D eigenvalue weighted by atomic mass is 16.5. The van der Waals surface area contributed by atoms with Gasteiger partial charge < -0.3 is 20.1 Å². The zero-order chi connectivity index (χ0) is 28.5. The number of hydrogen-bond acceptors (Lipinski definition) is 5. The summed E-state index contributed by atoms with van der Waals surface area (Å²) in [4.78, 5) is 4.60. The van der Waals surface area contributed by atoms with Crippen LogP contribution < -0.4 is 15.4 Å². The van der Waals surface area contributed by atoms with Crippen LogP contribution in [0.15, 0.2) is 30.5 Å². The third-order valence-corrected chi connectivity index (χ3v) is 12.4. The van der Waals surface area contributed by atoms with Gasteiger partial charge in [0.1, 0.15) is 5.75 Å². The maximum Gasteiger partial charge on any atom is 0.121 e. The summed E-state index contributed by atoms with van der Waals surface area (Å²) in [5.74, 6) is 4.71. The molecule has 4 aliphatic rings. The molecule has 1 aromatic carbocycles. The average Bonchev–Trinajstić information content (AvgIpc) is 3.32. The van der Waals surface area contributed by atoms with Crippen molar-refractivity contribution in [1.82, 2.24) is 10.3 Å². The van der Waals surface area contributed by atoms with E-state index in [-0.39, 0.29) is 0 Å². The summed E-state index contributed by atoms with van der Waals surface area (Å²) < 4.78 is 12.2. The Labute approximate surface area is 248 Å². The topological polar surface area (TPSA) is 55.4 Å². The minimum Gasteiger partial charge on any atom is -0.497 e. The fourth-order valence-electron chi connectivity index (χ4n) is 10.2. The second-order valence-electron chi connectivity index (χ2n) is 14.6. The van der Waals surface area contributed by atoms with E-state index >= 15 is 0 Å². The van der Waals surface area contributed by atoms with Crippen molar-refractivity contribution in [2.45, 2.75) is 110 Å². The molecule has 2 aromatic rings. The molecule has 1 aromatic heterocycles. The van der Waals surface area contributed by atoms with Gasteiger partial charge >= 0.3 is 0 Å². The van der Waals surface area contributed by atoms with Gasteiger partial charge in [0.15, 0.2) is 0 Å². The zero-order valence-corrected chi connectivity index (χ0v) is 26.2. The summed E-state index contributed by atoms with van der Waals surface area (Å²) in [7, 11) is 1.72. The lowest BCUT2D eigenvalue weighted by Gasteiger charge is -2.60. The van der Waals surface area contributed by atoms with Crippen LogP contribution >= 0.6 is 0 Å². The van der Waals surface area contributed by atoms with E-state index in [2.05, 4.69) is 48.5 Å². The molecule has 6 rings (SSSR count). The van der Waals surface area contributed by atoms with Crippen molar-refractivity contribution in [3.05, 3.63) is 30.5 Å². The van der Waals surface area contributed by atoms with Crippen LogP contribution in [0.25, 0.3) is 10.9 Å². The molecule has 0 amide bonds. The van der Waals surface area contributed by atoms with E-state index in [0.29, 0.717) is 23.0 Å². The number of rotatable bonds is 11. The molecule has 5 nitrogen and oxygen atoms in total. The van der Waals surface area contributed by atoms with Gasteiger partial charge in [0.25, 0.3) is 0 Å². The molecule has 4 aliphatic carbocycles. The second-order valence-corrected chi connectivity index (χ2v) is 14.6. The molecule has 1 heterocycles. The molecular formula is C36H55N3O2. The van der Waals surface area contributed by atoms with Crippen molar-refractivity contribution in [2.24, 2.45) is 34.5 Å². The van der Waals surface area contributed by atoms with Crippen LogP contribution in [-0.4, -0.2) is 43.9 Å². The van der Waals surface area contributed by atoms with Crippen LogP contribution in [0, 0.1) is 34.5 Å². The van der Waals surface area contributed by atoms with Gasteiger partial charge in [0, 0.05) is 30.2 Å². The minimum atomic E-state index is 0.363. The van der Waals surface area contributed by atoms with Crippen LogP contribution in [0.3, 0.4) is 0 Å². The highest BCUT2D eigenvalue weighted by Gasteiger charge is 2.59. The van der Waals surface area contributed by atoms with Gasteiger partial charge in [-0.2, -0.15) is 0 Å². The first-order chi connectivity index (χ1) is 19.9. The average molecular weight is 562 g/mol. The van der Waals surface area contributed by atoms with Crippen molar-refractivity contribution in [3.8, 4) is 5.75 Å². The summed E-state index contributed by atoms with van der Waals surface area (Å²) in [6.07, 6.45) is 19.0. The quantitative estimate of drug-likeness (QED) is 0.271. The Morgan fingerprint density at radius 2 is 1.85 bits per heavy atom. The molecule has 4 saturated carbocycles. The molecule has 4 fully saturated rings. The van der Waals surface area contributed by atoms with E-state index in [0.717, 1.165) is 78.5 Å². The van der Waals surface area contributed by atoms with Gasteiger partial charge in [-0.3, -0.25) is 4.98 Å². The van der Waals surface area contributed by atoms with Gasteiger partial charge in [0.2, 0.25) is 0 Å². The Morgan fingerprint density at radius 1 is 0.976 bits per heavy atom. The standard InChI is InChI=1S/C36H55N3O2/c1-25(39-32-24-28(40-4)23-26-10-8-20-38-34(26)32)9-7-19-37-21-22-41-33-15-14-30-29-13-12-27-11-5-6-17-35(27,2)31(29)16-18-36(30,33)3/h8,10,20,23-25,27,29-31,33,37,39H,5-7,9,11-19,21-22H2,1-4H3. The first kappa shape index (κ1) is 29.2. The number of anilines is 1. The Bertz CT molecular complexity index is 1170. The third-order valence-electron chi connectivity index (χ3n) is 12.4. The molecule has 8 unspecified atom stereocenters. The van der Waals surface area contributed by atoms with E-state index < -0.39 is 0 Å². The predicted octanol–water partition coefficient (Wildman–Crippen LogP) is 8.23. The largest absolute Gasteiger partial charge is 0.497 e. The molecule has 0 bridgehead atoms. The van der Waals surface area contributed by atoms with Crippen molar-refractivity contribution in [1.29, 1.82) is 0 Å². The number of nitrogens with zero attached hydrogens (tertiary/aromatic N) is 1. The monoisotopic (exact) mass is 561 g/mol. The van der Waals surface area contributed by atoms with Crippen molar-refractivity contribution < 1.29 is 9.47 Å². The summed E-state index contributed by atoms with van der Waals surface area (Å²) in [5.41, 5.74) is 3.09.